The molecule has 1 amide bonds. The number of alkyl carbamates (subject to hydrolysis) is 1. The fraction of sp³-hybridized carbons (Fsp3) is 0.348. The molecule has 1 aromatic carbocycles. The average Bonchev–Trinajstić information content (AvgIpc) is 3.27. The van der Waals surface area contributed by atoms with Crippen LogP contribution in [0.3, 0.4) is 0 Å². The molecular formula is C23H27BN4O4. The normalized spacial score (nSPS) is 17.5. The van der Waals surface area contributed by atoms with Crippen LogP contribution in [0.15, 0.2) is 60.5 Å². The van der Waals surface area contributed by atoms with E-state index >= 15 is 0 Å². The van der Waals surface area contributed by atoms with Crippen molar-refractivity contribution in [3.8, 4) is 0 Å². The molecule has 1 fully saturated rings. The van der Waals surface area contributed by atoms with Crippen molar-refractivity contribution in [2.75, 3.05) is 6.54 Å². The Labute approximate surface area is 187 Å². The molecule has 0 unspecified atom stereocenters. The number of amides is 1. The third kappa shape index (κ3) is 4.68. The summed E-state index contributed by atoms with van der Waals surface area (Å²) in [5.74, 6) is 0. The SMILES string of the molecule is CC1(C)OB(C(=Cc2cnn3cccnc23)CNC(=O)OCc2ccccc2)OC1(C)C. The van der Waals surface area contributed by atoms with E-state index < -0.39 is 24.4 Å². The van der Waals surface area contributed by atoms with Gasteiger partial charge in [0.1, 0.15) is 6.61 Å². The second-order valence-electron chi connectivity index (χ2n) is 8.71. The molecule has 9 heteroatoms. The third-order valence-electron chi connectivity index (χ3n) is 5.85. The van der Waals surface area contributed by atoms with Gasteiger partial charge in [-0.05, 0) is 44.8 Å². The molecule has 3 heterocycles. The fourth-order valence-electron chi connectivity index (χ4n) is 3.29. The van der Waals surface area contributed by atoms with Crippen LogP contribution >= 0.6 is 0 Å². The van der Waals surface area contributed by atoms with E-state index in [0.29, 0.717) is 5.65 Å². The highest BCUT2D eigenvalue weighted by Crippen LogP contribution is 2.38. The maximum Gasteiger partial charge on any atom is 0.492 e. The molecule has 1 saturated heterocycles. The first-order valence-corrected chi connectivity index (χ1v) is 10.5. The van der Waals surface area contributed by atoms with Crippen molar-refractivity contribution in [1.82, 2.24) is 19.9 Å². The van der Waals surface area contributed by atoms with Crippen LogP contribution in [0.4, 0.5) is 4.79 Å². The maximum absolute atomic E-state index is 12.3. The Hall–Kier alpha value is -3.17. The predicted molar refractivity (Wildman–Crippen MR) is 122 cm³/mol. The number of hydrogen-bond acceptors (Lipinski definition) is 6. The highest BCUT2D eigenvalue weighted by Gasteiger charge is 2.52. The molecule has 3 aromatic rings. The van der Waals surface area contributed by atoms with E-state index in [9.17, 15) is 4.79 Å². The molecule has 0 bridgehead atoms. The third-order valence-corrected chi connectivity index (χ3v) is 5.85. The monoisotopic (exact) mass is 434 g/mol. The largest absolute Gasteiger partial charge is 0.492 e. The number of aromatic nitrogens is 3. The Bertz CT molecular complexity index is 1110. The van der Waals surface area contributed by atoms with Crippen LogP contribution in [0.2, 0.25) is 0 Å². The highest BCUT2D eigenvalue weighted by molar-refractivity contribution is 6.56. The van der Waals surface area contributed by atoms with E-state index in [1.165, 1.54) is 0 Å². The van der Waals surface area contributed by atoms with E-state index in [1.807, 2.05) is 76.4 Å². The Kier molecular flexibility index (Phi) is 6.03. The van der Waals surface area contributed by atoms with Crippen LogP contribution in [0.25, 0.3) is 11.7 Å². The average molecular weight is 434 g/mol. The lowest BCUT2D eigenvalue weighted by molar-refractivity contribution is 0.00578. The zero-order valence-electron chi connectivity index (χ0n) is 18.7. The van der Waals surface area contributed by atoms with Gasteiger partial charge < -0.3 is 19.4 Å². The summed E-state index contributed by atoms with van der Waals surface area (Å²) in [5.41, 5.74) is 2.14. The van der Waals surface area contributed by atoms with Gasteiger partial charge in [-0.3, -0.25) is 0 Å². The van der Waals surface area contributed by atoms with Gasteiger partial charge in [0.15, 0.2) is 5.65 Å². The van der Waals surface area contributed by atoms with E-state index in [4.69, 9.17) is 14.0 Å². The van der Waals surface area contributed by atoms with E-state index in [1.54, 1.807) is 16.9 Å². The molecule has 1 aliphatic heterocycles. The van der Waals surface area contributed by atoms with Gasteiger partial charge >= 0.3 is 13.2 Å². The van der Waals surface area contributed by atoms with Crippen molar-refractivity contribution >= 4 is 24.9 Å². The van der Waals surface area contributed by atoms with Gasteiger partial charge in [-0.15, -0.1) is 0 Å². The summed E-state index contributed by atoms with van der Waals surface area (Å²) in [7, 11) is -0.631. The van der Waals surface area contributed by atoms with Crippen LogP contribution in [-0.2, 0) is 20.7 Å². The minimum Gasteiger partial charge on any atom is -0.445 e. The van der Waals surface area contributed by atoms with Crippen LogP contribution in [0.5, 0.6) is 0 Å². The summed E-state index contributed by atoms with van der Waals surface area (Å²) in [6.45, 7) is 8.34. The zero-order valence-corrected chi connectivity index (χ0v) is 18.7. The Morgan fingerprint density at radius 1 is 1.16 bits per heavy atom. The lowest BCUT2D eigenvalue weighted by atomic mass is 9.77. The van der Waals surface area contributed by atoms with Crippen LogP contribution in [0, 0.1) is 0 Å². The molecular weight excluding hydrogens is 407 g/mol. The first-order chi connectivity index (χ1) is 15.2. The maximum atomic E-state index is 12.3. The summed E-state index contributed by atoms with van der Waals surface area (Å²) in [6.07, 6.45) is 6.64. The second kappa shape index (κ2) is 8.76. The molecule has 8 nitrogen and oxygen atoms in total. The number of carbonyl (C=O) groups is 1. The van der Waals surface area contributed by atoms with Gasteiger partial charge in [0.25, 0.3) is 0 Å². The van der Waals surface area contributed by atoms with Crippen LogP contribution < -0.4 is 5.32 Å². The number of nitrogens with zero attached hydrogens (tertiary/aromatic N) is 3. The molecule has 0 spiro atoms. The number of fused-ring (bicyclic) bond motifs is 1. The summed E-state index contributed by atoms with van der Waals surface area (Å²) in [4.78, 5) is 16.7. The minimum atomic E-state index is -0.631. The second-order valence-corrected chi connectivity index (χ2v) is 8.71. The minimum absolute atomic E-state index is 0.189. The van der Waals surface area contributed by atoms with Gasteiger partial charge in [0, 0.05) is 24.5 Å². The van der Waals surface area contributed by atoms with Crippen molar-refractivity contribution in [2.24, 2.45) is 0 Å². The summed E-state index contributed by atoms with van der Waals surface area (Å²) in [6, 6.07) is 11.3. The highest BCUT2D eigenvalue weighted by atomic mass is 16.7. The van der Waals surface area contributed by atoms with Crippen molar-refractivity contribution in [3.63, 3.8) is 0 Å². The van der Waals surface area contributed by atoms with Crippen molar-refractivity contribution in [1.29, 1.82) is 0 Å². The van der Waals surface area contributed by atoms with Gasteiger partial charge in [-0.2, -0.15) is 5.10 Å². The summed E-state index contributed by atoms with van der Waals surface area (Å²) >= 11 is 0. The fourth-order valence-corrected chi connectivity index (χ4v) is 3.29. The molecule has 1 aliphatic rings. The number of benzene rings is 1. The van der Waals surface area contributed by atoms with E-state index in [-0.39, 0.29) is 13.2 Å². The smallest absolute Gasteiger partial charge is 0.445 e. The molecule has 166 valence electrons. The molecule has 32 heavy (non-hydrogen) atoms. The molecule has 0 saturated carbocycles. The lowest BCUT2D eigenvalue weighted by Crippen LogP contribution is -2.41. The van der Waals surface area contributed by atoms with Gasteiger partial charge in [-0.1, -0.05) is 36.4 Å². The standard InChI is InChI=1S/C23H27BN4O4/c1-22(2)23(3,4)32-24(31-22)19(13-18-14-27-28-12-8-11-25-20(18)28)15-26-21(29)30-16-17-9-6-5-7-10-17/h5-14H,15-16H2,1-4H3,(H,26,29). The van der Waals surface area contributed by atoms with Crippen LogP contribution in [-0.4, -0.2) is 45.6 Å². The van der Waals surface area contributed by atoms with E-state index in [2.05, 4.69) is 15.4 Å². The van der Waals surface area contributed by atoms with Crippen molar-refractivity contribution < 1.29 is 18.8 Å². The molecule has 2 aromatic heterocycles. The van der Waals surface area contributed by atoms with Crippen LogP contribution in [0.1, 0.15) is 38.8 Å². The Balaban J connectivity index is 1.52. The first kappa shape index (κ1) is 22.0. The quantitative estimate of drug-likeness (QED) is 0.596. The summed E-state index contributed by atoms with van der Waals surface area (Å²) < 4.78 is 19.5. The van der Waals surface area contributed by atoms with Crippen molar-refractivity contribution in [3.05, 3.63) is 71.6 Å². The Morgan fingerprint density at radius 2 is 1.88 bits per heavy atom. The lowest BCUT2D eigenvalue weighted by Gasteiger charge is -2.32. The molecule has 1 N–H and O–H groups in total. The molecule has 4 rings (SSSR count). The summed E-state index contributed by atoms with van der Waals surface area (Å²) in [5, 5.41) is 7.14. The number of hydrogen-bond donors (Lipinski definition) is 1. The molecule has 0 aliphatic carbocycles. The van der Waals surface area contributed by atoms with Gasteiger partial charge in [0.05, 0.1) is 17.4 Å². The molecule has 0 atom stereocenters. The van der Waals surface area contributed by atoms with Gasteiger partial charge in [-0.25, -0.2) is 14.3 Å². The topological polar surface area (TPSA) is 87.0 Å². The number of nitrogens with one attached hydrogen (secondary N) is 1. The molecule has 0 radical (unpaired) electrons. The first-order valence-electron chi connectivity index (χ1n) is 10.5. The Morgan fingerprint density at radius 3 is 2.59 bits per heavy atom. The number of carbonyl (C=O) groups excluding carboxylic acids is 1. The van der Waals surface area contributed by atoms with Gasteiger partial charge in [0.2, 0.25) is 0 Å². The number of ether oxygens (including phenoxy) is 1. The zero-order chi connectivity index (χ0) is 22.8. The van der Waals surface area contributed by atoms with Crippen molar-refractivity contribution in [2.45, 2.75) is 45.5 Å². The van der Waals surface area contributed by atoms with E-state index in [0.717, 1.165) is 16.6 Å². The number of rotatable bonds is 6. The predicted octanol–water partition coefficient (Wildman–Crippen LogP) is 3.67.